The minimum Gasteiger partial charge on any atom is -0.310 e. The molecule has 2 aromatic carbocycles. The van der Waals surface area contributed by atoms with Gasteiger partial charge in [-0.25, -0.2) is 4.68 Å². The lowest BCUT2D eigenvalue weighted by atomic mass is 10.1. The van der Waals surface area contributed by atoms with Crippen LogP contribution in [-0.4, -0.2) is 15.7 Å². The first-order valence-electron chi connectivity index (χ1n) is 8.86. The van der Waals surface area contributed by atoms with Gasteiger partial charge in [0.05, 0.1) is 11.3 Å². The Balaban J connectivity index is 2.29. The van der Waals surface area contributed by atoms with Gasteiger partial charge in [-0.15, -0.1) is 0 Å². The molecule has 0 saturated carbocycles. The SMILES string of the molecule is CCCC(=O)Nc1c(-c2ccc(Cl)cc2)c(=O)c(C)nn1-c1ccc(Br)cc1. The minimum absolute atomic E-state index is 0.173. The Morgan fingerprint density at radius 2 is 1.79 bits per heavy atom. The lowest BCUT2D eigenvalue weighted by molar-refractivity contribution is -0.116. The number of hydrogen-bond donors (Lipinski definition) is 1. The summed E-state index contributed by atoms with van der Waals surface area (Å²) in [4.78, 5) is 25.4. The summed E-state index contributed by atoms with van der Waals surface area (Å²) in [5, 5.41) is 7.90. The summed E-state index contributed by atoms with van der Waals surface area (Å²) in [7, 11) is 0. The van der Waals surface area contributed by atoms with Crippen LogP contribution in [-0.2, 0) is 4.79 Å². The first-order valence-corrected chi connectivity index (χ1v) is 10.0. The van der Waals surface area contributed by atoms with Crippen LogP contribution in [0.2, 0.25) is 5.02 Å². The van der Waals surface area contributed by atoms with E-state index in [0.29, 0.717) is 40.5 Å². The summed E-state index contributed by atoms with van der Waals surface area (Å²) in [6.45, 7) is 3.59. The molecule has 0 aliphatic rings. The van der Waals surface area contributed by atoms with Crippen LogP contribution in [0.3, 0.4) is 0 Å². The third kappa shape index (κ3) is 4.34. The molecule has 3 rings (SSSR count). The number of hydrogen-bond acceptors (Lipinski definition) is 3. The fraction of sp³-hybridized carbons (Fsp3) is 0.190. The summed E-state index contributed by atoms with van der Waals surface area (Å²) in [5.41, 5.74) is 1.88. The third-order valence-corrected chi connectivity index (χ3v) is 4.97. The molecule has 28 heavy (non-hydrogen) atoms. The van der Waals surface area contributed by atoms with Crippen molar-refractivity contribution in [2.45, 2.75) is 26.7 Å². The Morgan fingerprint density at radius 3 is 2.39 bits per heavy atom. The second kappa shape index (κ2) is 8.71. The predicted molar refractivity (Wildman–Crippen MR) is 116 cm³/mol. The molecule has 0 unspecified atom stereocenters. The number of carbonyl (C=O) groups excluding carboxylic acids is 1. The number of nitrogens with zero attached hydrogens (tertiary/aromatic N) is 2. The maximum absolute atomic E-state index is 13.0. The maximum Gasteiger partial charge on any atom is 0.225 e. The molecule has 0 spiro atoms. The van der Waals surface area contributed by atoms with Crippen molar-refractivity contribution in [3.8, 4) is 16.8 Å². The number of carbonyl (C=O) groups is 1. The molecule has 0 saturated heterocycles. The first kappa shape index (κ1) is 20.3. The van der Waals surface area contributed by atoms with Crippen molar-refractivity contribution in [3.63, 3.8) is 0 Å². The molecule has 7 heteroatoms. The van der Waals surface area contributed by atoms with Gasteiger partial charge in [-0.2, -0.15) is 5.10 Å². The topological polar surface area (TPSA) is 64.0 Å². The van der Waals surface area contributed by atoms with Crippen LogP contribution < -0.4 is 10.7 Å². The molecule has 144 valence electrons. The van der Waals surface area contributed by atoms with Gasteiger partial charge in [-0.3, -0.25) is 9.59 Å². The van der Waals surface area contributed by atoms with E-state index in [1.165, 1.54) is 0 Å². The Labute approximate surface area is 176 Å². The summed E-state index contributed by atoms with van der Waals surface area (Å²) < 4.78 is 2.52. The van der Waals surface area contributed by atoms with Gasteiger partial charge in [0.15, 0.2) is 0 Å². The quantitative estimate of drug-likeness (QED) is 0.557. The van der Waals surface area contributed by atoms with Crippen molar-refractivity contribution in [3.05, 3.63) is 73.9 Å². The highest BCUT2D eigenvalue weighted by molar-refractivity contribution is 9.10. The van der Waals surface area contributed by atoms with Crippen LogP contribution >= 0.6 is 27.5 Å². The molecule has 3 aromatic rings. The van der Waals surface area contributed by atoms with Crippen LogP contribution in [0.4, 0.5) is 5.82 Å². The van der Waals surface area contributed by atoms with Gasteiger partial charge in [0.1, 0.15) is 11.5 Å². The van der Waals surface area contributed by atoms with Crippen LogP contribution in [0.5, 0.6) is 0 Å². The number of anilines is 1. The molecule has 0 fully saturated rings. The number of aryl methyl sites for hydroxylation is 1. The Bertz CT molecular complexity index is 1060. The number of aromatic nitrogens is 2. The average molecular weight is 461 g/mol. The molecule has 0 aliphatic carbocycles. The lowest BCUT2D eigenvalue weighted by Crippen LogP contribution is -2.24. The van der Waals surface area contributed by atoms with Gasteiger partial charge in [0, 0.05) is 15.9 Å². The molecule has 0 atom stereocenters. The van der Waals surface area contributed by atoms with Crippen molar-refractivity contribution in [2.24, 2.45) is 0 Å². The average Bonchev–Trinajstić information content (AvgIpc) is 2.67. The summed E-state index contributed by atoms with van der Waals surface area (Å²) in [5.74, 6) is 0.173. The molecule has 1 heterocycles. The zero-order valence-electron chi connectivity index (χ0n) is 15.5. The van der Waals surface area contributed by atoms with E-state index in [0.717, 1.165) is 10.2 Å². The highest BCUT2D eigenvalue weighted by Crippen LogP contribution is 2.28. The fourth-order valence-electron chi connectivity index (χ4n) is 2.83. The zero-order valence-corrected chi connectivity index (χ0v) is 17.8. The van der Waals surface area contributed by atoms with Gasteiger partial charge in [-0.1, -0.05) is 46.6 Å². The third-order valence-electron chi connectivity index (χ3n) is 4.19. The predicted octanol–water partition coefficient (Wildman–Crippen LogP) is 5.36. The van der Waals surface area contributed by atoms with Crippen molar-refractivity contribution in [1.82, 2.24) is 9.78 Å². The van der Waals surface area contributed by atoms with Crippen molar-refractivity contribution < 1.29 is 4.79 Å². The summed E-state index contributed by atoms with van der Waals surface area (Å²) in [6.07, 6.45) is 1.05. The number of halogens is 2. The van der Waals surface area contributed by atoms with Crippen molar-refractivity contribution in [1.29, 1.82) is 0 Å². The highest BCUT2D eigenvalue weighted by atomic mass is 79.9. The number of nitrogens with one attached hydrogen (secondary N) is 1. The Hall–Kier alpha value is -2.44. The molecular weight excluding hydrogens is 442 g/mol. The van der Waals surface area contributed by atoms with E-state index in [2.05, 4.69) is 26.3 Å². The molecule has 1 N–H and O–H groups in total. The van der Waals surface area contributed by atoms with E-state index in [4.69, 9.17) is 11.6 Å². The van der Waals surface area contributed by atoms with E-state index in [-0.39, 0.29) is 11.3 Å². The first-order chi connectivity index (χ1) is 13.4. The monoisotopic (exact) mass is 459 g/mol. The molecule has 1 amide bonds. The number of rotatable bonds is 5. The normalized spacial score (nSPS) is 10.7. The highest BCUT2D eigenvalue weighted by Gasteiger charge is 2.20. The Kier molecular flexibility index (Phi) is 6.31. The molecule has 0 bridgehead atoms. The molecule has 5 nitrogen and oxygen atoms in total. The van der Waals surface area contributed by atoms with E-state index < -0.39 is 0 Å². The van der Waals surface area contributed by atoms with Crippen molar-refractivity contribution in [2.75, 3.05) is 5.32 Å². The van der Waals surface area contributed by atoms with E-state index in [1.54, 1.807) is 35.9 Å². The van der Waals surface area contributed by atoms with Gasteiger partial charge in [0.25, 0.3) is 0 Å². The molecular formula is C21H19BrClN3O2. The molecule has 1 aromatic heterocycles. The van der Waals surface area contributed by atoms with E-state index in [1.807, 2.05) is 31.2 Å². The second-order valence-corrected chi connectivity index (χ2v) is 7.68. The smallest absolute Gasteiger partial charge is 0.225 e. The fourth-order valence-corrected chi connectivity index (χ4v) is 3.22. The van der Waals surface area contributed by atoms with Crippen LogP contribution in [0.25, 0.3) is 16.8 Å². The largest absolute Gasteiger partial charge is 0.310 e. The Morgan fingerprint density at radius 1 is 1.14 bits per heavy atom. The van der Waals surface area contributed by atoms with Crippen LogP contribution in [0.15, 0.2) is 57.8 Å². The minimum atomic E-state index is -0.234. The lowest BCUT2D eigenvalue weighted by Gasteiger charge is -2.18. The second-order valence-electron chi connectivity index (χ2n) is 6.33. The number of benzene rings is 2. The van der Waals surface area contributed by atoms with Gasteiger partial charge >= 0.3 is 0 Å². The zero-order chi connectivity index (χ0) is 20.3. The van der Waals surface area contributed by atoms with Gasteiger partial charge in [0.2, 0.25) is 11.3 Å². The maximum atomic E-state index is 13.0. The molecule has 0 radical (unpaired) electrons. The number of amides is 1. The summed E-state index contributed by atoms with van der Waals surface area (Å²) in [6, 6.07) is 14.4. The van der Waals surface area contributed by atoms with Crippen LogP contribution in [0, 0.1) is 6.92 Å². The van der Waals surface area contributed by atoms with Crippen molar-refractivity contribution >= 4 is 39.3 Å². The van der Waals surface area contributed by atoms with E-state index >= 15 is 0 Å². The van der Waals surface area contributed by atoms with E-state index in [9.17, 15) is 9.59 Å². The standard InChI is InChI=1S/C21H19BrClN3O2/c1-3-4-18(27)24-21-19(14-5-9-16(23)10-6-14)20(28)13(2)25-26(21)17-11-7-15(22)8-12-17/h5-12H,3-4H2,1-2H3,(H,24,27). The summed E-state index contributed by atoms with van der Waals surface area (Å²) >= 11 is 9.43. The van der Waals surface area contributed by atoms with Crippen LogP contribution in [0.1, 0.15) is 25.5 Å². The van der Waals surface area contributed by atoms with Gasteiger partial charge < -0.3 is 5.32 Å². The van der Waals surface area contributed by atoms with Gasteiger partial charge in [-0.05, 0) is 55.3 Å². The molecule has 0 aliphatic heterocycles.